The Labute approximate surface area is 179 Å². The highest BCUT2D eigenvalue weighted by Gasteiger charge is 2.35. The van der Waals surface area contributed by atoms with Crippen molar-refractivity contribution in [3.63, 3.8) is 0 Å². The van der Waals surface area contributed by atoms with Crippen LogP contribution in [0.3, 0.4) is 0 Å². The fraction of sp³-hybridized carbons (Fsp3) is 0.545. The number of likely N-dealkylation sites (tertiary alicyclic amines) is 1. The van der Waals surface area contributed by atoms with Crippen LogP contribution >= 0.6 is 11.8 Å². The summed E-state index contributed by atoms with van der Waals surface area (Å²) in [6.07, 6.45) is 7.02. The number of fused-ring (bicyclic) bond motifs is 2. The van der Waals surface area contributed by atoms with Crippen molar-refractivity contribution in [1.82, 2.24) is 14.5 Å². The first-order chi connectivity index (χ1) is 14.6. The maximum absolute atomic E-state index is 13.1. The fourth-order valence-corrected chi connectivity index (χ4v) is 5.62. The number of nitrogens with zero attached hydrogens (tertiary/aromatic N) is 3. The molecule has 2 fully saturated rings. The average molecular weight is 430 g/mol. The second kappa shape index (κ2) is 9.20. The van der Waals surface area contributed by atoms with Crippen LogP contribution in [-0.4, -0.2) is 51.8 Å². The first kappa shape index (κ1) is 20.9. The number of aromatic nitrogens is 2. The largest absolute Gasteiger partial charge is 0.468 e. The Morgan fingerprint density at radius 3 is 2.77 bits per heavy atom. The molecule has 2 atom stereocenters. The molecule has 2 aromatic rings. The normalized spacial score (nSPS) is 21.3. The summed E-state index contributed by atoms with van der Waals surface area (Å²) in [7, 11) is 1.29. The van der Waals surface area contributed by atoms with Gasteiger partial charge in [-0.15, -0.1) is 0 Å². The minimum atomic E-state index is -0.525. The molecule has 0 spiro atoms. The monoisotopic (exact) mass is 429 g/mol. The maximum Gasteiger partial charge on any atom is 0.325 e. The zero-order valence-corrected chi connectivity index (χ0v) is 18.0. The number of methoxy groups -OCH3 is 1. The second-order valence-corrected chi connectivity index (χ2v) is 8.95. The van der Waals surface area contributed by atoms with Gasteiger partial charge in [0.2, 0.25) is 5.91 Å². The van der Waals surface area contributed by atoms with Crippen molar-refractivity contribution in [3.05, 3.63) is 34.6 Å². The number of carbonyl (C=O) groups excluding carboxylic acids is 2. The molecule has 2 aliphatic rings. The van der Waals surface area contributed by atoms with Crippen molar-refractivity contribution < 1.29 is 14.3 Å². The third kappa shape index (κ3) is 4.24. The molecule has 4 rings (SSSR count). The number of carbonyl (C=O) groups is 2. The standard InChI is InChI=1S/C22H27N3O4S/c1-29-20(27)13-25-21(28)16-9-3-4-10-17(16)23-22(25)30-14-19(26)24-12-6-8-15-7-2-5-11-18(15)24/h3-4,9-10,15,18H,2,5-8,11-14H2,1H3. The Kier molecular flexibility index (Phi) is 6.41. The van der Waals surface area contributed by atoms with Crippen LogP contribution in [0.15, 0.2) is 34.2 Å². The molecule has 2 unspecified atom stereocenters. The molecule has 8 heteroatoms. The number of ether oxygens (including phenoxy) is 1. The Bertz CT molecular complexity index is 1000. The van der Waals surface area contributed by atoms with E-state index in [1.807, 2.05) is 11.0 Å². The van der Waals surface area contributed by atoms with Gasteiger partial charge in [-0.25, -0.2) is 4.98 Å². The van der Waals surface area contributed by atoms with E-state index in [1.165, 1.54) is 49.1 Å². The number of benzene rings is 1. The molecule has 1 aromatic heterocycles. The molecule has 7 nitrogen and oxygen atoms in total. The van der Waals surface area contributed by atoms with Crippen LogP contribution in [0.2, 0.25) is 0 Å². The molecule has 2 heterocycles. The highest BCUT2D eigenvalue weighted by Crippen LogP contribution is 2.35. The summed E-state index contributed by atoms with van der Waals surface area (Å²) in [5.41, 5.74) is 0.259. The maximum atomic E-state index is 13.1. The number of rotatable bonds is 5. The van der Waals surface area contributed by atoms with Gasteiger partial charge in [0, 0.05) is 12.6 Å². The number of esters is 1. The Hall–Kier alpha value is -2.35. The van der Waals surface area contributed by atoms with E-state index in [-0.39, 0.29) is 23.8 Å². The van der Waals surface area contributed by atoms with E-state index in [1.54, 1.807) is 18.2 Å². The molecule has 1 saturated carbocycles. The summed E-state index contributed by atoms with van der Waals surface area (Å²) in [4.78, 5) is 44.5. The summed E-state index contributed by atoms with van der Waals surface area (Å²) in [6.45, 7) is 0.582. The lowest BCUT2D eigenvalue weighted by Crippen LogP contribution is -2.50. The summed E-state index contributed by atoms with van der Waals surface area (Å²) in [5, 5.41) is 0.813. The zero-order chi connectivity index (χ0) is 21.1. The smallest absolute Gasteiger partial charge is 0.325 e. The van der Waals surface area contributed by atoms with Gasteiger partial charge in [0.25, 0.3) is 5.56 Å². The molecule has 1 aliphatic carbocycles. The van der Waals surface area contributed by atoms with Gasteiger partial charge in [-0.1, -0.05) is 36.7 Å². The summed E-state index contributed by atoms with van der Waals surface area (Å²) < 4.78 is 6.06. The van der Waals surface area contributed by atoms with Crippen LogP contribution < -0.4 is 5.56 Å². The SMILES string of the molecule is COC(=O)Cn1c(SCC(=O)N2CCCC3CCCCC32)nc2ccccc2c1=O. The second-order valence-electron chi connectivity index (χ2n) is 8.01. The third-order valence-corrected chi connectivity index (χ3v) is 7.19. The van der Waals surface area contributed by atoms with Crippen molar-refractivity contribution in [3.8, 4) is 0 Å². The minimum Gasteiger partial charge on any atom is -0.468 e. The van der Waals surface area contributed by atoms with Crippen molar-refractivity contribution >= 4 is 34.5 Å². The Balaban J connectivity index is 1.56. The molecular formula is C22H27N3O4S. The fourth-order valence-electron chi connectivity index (χ4n) is 4.73. The molecule has 0 bridgehead atoms. The van der Waals surface area contributed by atoms with Crippen molar-refractivity contribution in [2.75, 3.05) is 19.4 Å². The van der Waals surface area contributed by atoms with Gasteiger partial charge in [0.05, 0.1) is 23.8 Å². The number of amides is 1. The summed E-state index contributed by atoms with van der Waals surface area (Å²) in [6, 6.07) is 7.39. The molecule has 30 heavy (non-hydrogen) atoms. The van der Waals surface area contributed by atoms with E-state index in [4.69, 9.17) is 4.74 Å². The van der Waals surface area contributed by atoms with Crippen LogP contribution in [0.25, 0.3) is 10.9 Å². The van der Waals surface area contributed by atoms with E-state index in [9.17, 15) is 14.4 Å². The third-order valence-electron chi connectivity index (χ3n) is 6.23. The highest BCUT2D eigenvalue weighted by atomic mass is 32.2. The van der Waals surface area contributed by atoms with E-state index in [0.717, 1.165) is 19.4 Å². The predicted molar refractivity (Wildman–Crippen MR) is 115 cm³/mol. The van der Waals surface area contributed by atoms with Gasteiger partial charge >= 0.3 is 5.97 Å². The highest BCUT2D eigenvalue weighted by molar-refractivity contribution is 7.99. The molecular weight excluding hydrogens is 402 g/mol. The number of thioether (sulfide) groups is 1. The van der Waals surface area contributed by atoms with Crippen molar-refractivity contribution in [2.24, 2.45) is 5.92 Å². The topological polar surface area (TPSA) is 81.5 Å². The van der Waals surface area contributed by atoms with Crippen LogP contribution in [0.4, 0.5) is 0 Å². The van der Waals surface area contributed by atoms with Gasteiger partial charge in [-0.2, -0.15) is 0 Å². The van der Waals surface area contributed by atoms with E-state index < -0.39 is 5.97 Å². The lowest BCUT2D eigenvalue weighted by Gasteiger charge is -2.44. The van der Waals surface area contributed by atoms with Gasteiger partial charge in [0.1, 0.15) is 6.54 Å². The Morgan fingerprint density at radius 1 is 1.17 bits per heavy atom. The number of hydrogen-bond donors (Lipinski definition) is 0. The van der Waals surface area contributed by atoms with Crippen molar-refractivity contribution in [2.45, 2.75) is 56.3 Å². The minimum absolute atomic E-state index is 0.0867. The predicted octanol–water partition coefficient (Wildman–Crippen LogP) is 2.84. The molecule has 160 valence electrons. The lowest BCUT2D eigenvalue weighted by molar-refractivity contribution is -0.141. The van der Waals surface area contributed by atoms with Crippen LogP contribution in [0.1, 0.15) is 38.5 Å². The van der Waals surface area contributed by atoms with E-state index >= 15 is 0 Å². The van der Waals surface area contributed by atoms with E-state index in [2.05, 4.69) is 4.98 Å². The molecule has 1 aromatic carbocycles. The van der Waals surface area contributed by atoms with Crippen molar-refractivity contribution in [1.29, 1.82) is 0 Å². The van der Waals surface area contributed by atoms with Gasteiger partial charge in [-0.3, -0.25) is 19.0 Å². The quantitative estimate of drug-likeness (QED) is 0.413. The van der Waals surface area contributed by atoms with Crippen LogP contribution in [-0.2, 0) is 20.9 Å². The summed E-state index contributed by atoms with van der Waals surface area (Å²) in [5.74, 6) is 0.389. The molecule has 1 saturated heterocycles. The first-order valence-corrected chi connectivity index (χ1v) is 11.6. The van der Waals surface area contributed by atoms with Gasteiger partial charge in [0.15, 0.2) is 5.16 Å². The lowest BCUT2D eigenvalue weighted by atomic mass is 9.78. The molecule has 1 amide bonds. The van der Waals surface area contributed by atoms with Crippen LogP contribution in [0.5, 0.6) is 0 Å². The number of para-hydroxylation sites is 1. The molecule has 1 aliphatic heterocycles. The summed E-state index contributed by atoms with van der Waals surface area (Å²) >= 11 is 1.22. The van der Waals surface area contributed by atoms with E-state index in [0.29, 0.717) is 28.0 Å². The number of piperidine rings is 1. The van der Waals surface area contributed by atoms with Gasteiger partial charge in [-0.05, 0) is 43.7 Å². The molecule has 0 radical (unpaired) electrons. The molecule has 0 N–H and O–H groups in total. The van der Waals surface area contributed by atoms with Crippen LogP contribution in [0, 0.1) is 5.92 Å². The average Bonchev–Trinajstić information content (AvgIpc) is 2.79. The zero-order valence-electron chi connectivity index (χ0n) is 17.2. The Morgan fingerprint density at radius 2 is 1.93 bits per heavy atom. The number of hydrogen-bond acceptors (Lipinski definition) is 6. The van der Waals surface area contributed by atoms with Gasteiger partial charge < -0.3 is 9.64 Å². The first-order valence-electron chi connectivity index (χ1n) is 10.6.